The molecular formula is C23H18FN3O3. The monoisotopic (exact) mass is 403 g/mol. The first-order valence-electron chi connectivity index (χ1n) is 9.03. The maximum atomic E-state index is 13.6. The van der Waals surface area contributed by atoms with Gasteiger partial charge in [-0.15, -0.1) is 6.42 Å². The average Bonchev–Trinajstić information content (AvgIpc) is 2.74. The lowest BCUT2D eigenvalue weighted by Gasteiger charge is -2.10. The van der Waals surface area contributed by atoms with Crippen LogP contribution in [-0.4, -0.2) is 24.6 Å². The van der Waals surface area contributed by atoms with Gasteiger partial charge in [-0.25, -0.2) is 9.82 Å². The number of fused-ring (bicyclic) bond motifs is 1. The summed E-state index contributed by atoms with van der Waals surface area (Å²) in [6, 6.07) is 17.0. The standard InChI is InChI=1S/C23H18FN3O3/c1-2-13-30-21-12-11-16-7-3-4-8-17(16)18(21)15-25-27-23(29)14-22(28)26-20-10-6-5-9-19(20)24/h1,3-12,15H,13-14H2,(H,26,28)(H,27,29). The van der Waals surface area contributed by atoms with Gasteiger partial charge in [0.1, 0.15) is 24.6 Å². The predicted molar refractivity (Wildman–Crippen MR) is 114 cm³/mol. The van der Waals surface area contributed by atoms with Gasteiger partial charge in [-0.2, -0.15) is 5.10 Å². The molecule has 0 radical (unpaired) electrons. The second kappa shape index (κ2) is 9.85. The molecule has 0 fully saturated rings. The highest BCUT2D eigenvalue weighted by atomic mass is 19.1. The van der Waals surface area contributed by atoms with Gasteiger partial charge in [0.25, 0.3) is 0 Å². The number of nitrogens with one attached hydrogen (secondary N) is 2. The van der Waals surface area contributed by atoms with Gasteiger partial charge >= 0.3 is 0 Å². The molecule has 0 saturated carbocycles. The Balaban J connectivity index is 1.68. The molecule has 0 heterocycles. The minimum Gasteiger partial charge on any atom is -0.480 e. The van der Waals surface area contributed by atoms with Gasteiger partial charge in [-0.05, 0) is 29.0 Å². The molecule has 7 heteroatoms. The van der Waals surface area contributed by atoms with Crippen LogP contribution in [0.25, 0.3) is 10.8 Å². The highest BCUT2D eigenvalue weighted by Gasteiger charge is 2.11. The van der Waals surface area contributed by atoms with Gasteiger partial charge < -0.3 is 10.1 Å². The van der Waals surface area contributed by atoms with Crippen molar-refractivity contribution in [1.29, 1.82) is 0 Å². The summed E-state index contributed by atoms with van der Waals surface area (Å²) in [6.45, 7) is 0.0851. The number of terminal acetylenes is 1. The summed E-state index contributed by atoms with van der Waals surface area (Å²) >= 11 is 0. The lowest BCUT2D eigenvalue weighted by atomic mass is 10.0. The molecule has 0 aliphatic rings. The van der Waals surface area contributed by atoms with Crippen molar-refractivity contribution >= 4 is 34.5 Å². The van der Waals surface area contributed by atoms with Crippen molar-refractivity contribution in [3.8, 4) is 18.1 Å². The average molecular weight is 403 g/mol. The summed E-state index contributed by atoms with van der Waals surface area (Å²) < 4.78 is 19.1. The Bertz CT molecular complexity index is 1150. The van der Waals surface area contributed by atoms with E-state index in [1.807, 2.05) is 30.3 Å². The summed E-state index contributed by atoms with van der Waals surface area (Å²) in [5.74, 6) is 1.03. The van der Waals surface area contributed by atoms with Crippen LogP contribution in [0.5, 0.6) is 5.75 Å². The second-order valence-corrected chi connectivity index (χ2v) is 6.19. The summed E-state index contributed by atoms with van der Waals surface area (Å²) in [5.41, 5.74) is 2.93. The Labute approximate surface area is 172 Å². The largest absolute Gasteiger partial charge is 0.480 e. The topological polar surface area (TPSA) is 79.8 Å². The fraction of sp³-hybridized carbons (Fsp3) is 0.0870. The number of amides is 2. The van der Waals surface area contributed by atoms with Gasteiger partial charge in [-0.1, -0.05) is 48.4 Å². The minimum atomic E-state index is -0.656. The number of rotatable bonds is 7. The van der Waals surface area contributed by atoms with E-state index in [1.165, 1.54) is 24.4 Å². The van der Waals surface area contributed by atoms with E-state index in [1.54, 1.807) is 12.1 Å². The van der Waals surface area contributed by atoms with Crippen molar-refractivity contribution in [2.45, 2.75) is 6.42 Å². The highest BCUT2D eigenvalue weighted by Crippen LogP contribution is 2.26. The SMILES string of the molecule is C#CCOc1ccc2ccccc2c1C=NNC(=O)CC(=O)Nc1ccccc1F. The van der Waals surface area contributed by atoms with Crippen molar-refractivity contribution in [3.63, 3.8) is 0 Å². The molecule has 0 aromatic heterocycles. The molecule has 0 bridgehead atoms. The summed E-state index contributed by atoms with van der Waals surface area (Å²) in [5, 5.41) is 8.09. The first kappa shape index (κ1) is 20.6. The number of carbonyl (C=O) groups is 2. The molecule has 3 aromatic rings. The molecule has 3 aromatic carbocycles. The molecule has 0 aliphatic carbocycles. The Morgan fingerprint density at radius 3 is 2.63 bits per heavy atom. The summed E-state index contributed by atoms with van der Waals surface area (Å²) in [7, 11) is 0. The number of hydrazone groups is 1. The van der Waals surface area contributed by atoms with E-state index in [-0.39, 0.29) is 12.3 Å². The van der Waals surface area contributed by atoms with Gasteiger partial charge in [0.2, 0.25) is 11.8 Å². The minimum absolute atomic E-state index is 0.00450. The number of benzene rings is 3. The van der Waals surface area contributed by atoms with E-state index in [0.717, 1.165) is 10.8 Å². The van der Waals surface area contributed by atoms with Crippen LogP contribution in [0.3, 0.4) is 0 Å². The number of nitrogens with zero attached hydrogens (tertiary/aromatic N) is 1. The molecule has 2 amide bonds. The molecular weight excluding hydrogens is 385 g/mol. The number of para-hydroxylation sites is 1. The van der Waals surface area contributed by atoms with Crippen molar-refractivity contribution < 1.29 is 18.7 Å². The lowest BCUT2D eigenvalue weighted by Crippen LogP contribution is -2.25. The first-order valence-corrected chi connectivity index (χ1v) is 9.03. The fourth-order valence-electron chi connectivity index (χ4n) is 2.77. The number of ether oxygens (including phenoxy) is 1. The van der Waals surface area contributed by atoms with Gasteiger partial charge in [0.05, 0.1) is 11.9 Å². The molecule has 0 saturated heterocycles. The Kier molecular flexibility index (Phi) is 6.74. The van der Waals surface area contributed by atoms with E-state index in [0.29, 0.717) is 11.3 Å². The van der Waals surface area contributed by atoms with Gasteiger partial charge in [0, 0.05) is 5.56 Å². The molecule has 0 aliphatic heterocycles. The Morgan fingerprint density at radius 1 is 1.07 bits per heavy atom. The van der Waals surface area contributed by atoms with Crippen LogP contribution < -0.4 is 15.5 Å². The van der Waals surface area contributed by atoms with Crippen molar-refractivity contribution in [1.82, 2.24) is 5.43 Å². The third-order valence-electron chi connectivity index (χ3n) is 4.09. The molecule has 30 heavy (non-hydrogen) atoms. The zero-order valence-corrected chi connectivity index (χ0v) is 15.9. The van der Waals surface area contributed by atoms with Crippen LogP contribution in [0.4, 0.5) is 10.1 Å². The number of carbonyl (C=O) groups excluding carboxylic acids is 2. The molecule has 0 spiro atoms. The van der Waals surface area contributed by atoms with Crippen molar-refractivity contribution in [3.05, 3.63) is 72.0 Å². The van der Waals surface area contributed by atoms with Crippen molar-refractivity contribution in [2.75, 3.05) is 11.9 Å². The third kappa shape index (κ3) is 5.20. The summed E-state index contributed by atoms with van der Waals surface area (Å²) in [4.78, 5) is 23.9. The van der Waals surface area contributed by atoms with Crippen LogP contribution in [0.15, 0.2) is 65.8 Å². The normalized spacial score (nSPS) is 10.5. The number of anilines is 1. The van der Waals surface area contributed by atoms with E-state index >= 15 is 0 Å². The molecule has 0 unspecified atom stereocenters. The summed E-state index contributed by atoms with van der Waals surface area (Å²) in [6.07, 6.45) is 6.18. The fourth-order valence-corrected chi connectivity index (χ4v) is 2.77. The van der Waals surface area contributed by atoms with E-state index < -0.39 is 24.1 Å². The van der Waals surface area contributed by atoms with E-state index in [4.69, 9.17) is 11.2 Å². The van der Waals surface area contributed by atoms with Crippen LogP contribution in [0, 0.1) is 18.2 Å². The smallest absolute Gasteiger partial charge is 0.249 e. The Morgan fingerprint density at radius 2 is 1.83 bits per heavy atom. The zero-order chi connectivity index (χ0) is 21.3. The van der Waals surface area contributed by atoms with Gasteiger partial charge in [-0.3, -0.25) is 9.59 Å². The molecule has 0 atom stereocenters. The number of hydrogen-bond donors (Lipinski definition) is 2. The third-order valence-corrected chi connectivity index (χ3v) is 4.09. The molecule has 150 valence electrons. The molecule has 2 N–H and O–H groups in total. The Hall–Kier alpha value is -4.18. The second-order valence-electron chi connectivity index (χ2n) is 6.19. The van der Waals surface area contributed by atoms with E-state index in [2.05, 4.69) is 21.8 Å². The van der Waals surface area contributed by atoms with Crippen LogP contribution >= 0.6 is 0 Å². The van der Waals surface area contributed by atoms with Crippen molar-refractivity contribution in [2.24, 2.45) is 5.10 Å². The number of hydrogen-bond acceptors (Lipinski definition) is 4. The van der Waals surface area contributed by atoms with Gasteiger partial charge in [0.15, 0.2) is 0 Å². The molecule has 3 rings (SSSR count). The maximum Gasteiger partial charge on any atom is 0.249 e. The maximum absolute atomic E-state index is 13.6. The van der Waals surface area contributed by atoms with E-state index in [9.17, 15) is 14.0 Å². The van der Waals surface area contributed by atoms with Crippen LogP contribution in [0.2, 0.25) is 0 Å². The number of halogens is 1. The lowest BCUT2D eigenvalue weighted by molar-refractivity contribution is -0.126. The highest BCUT2D eigenvalue weighted by molar-refractivity contribution is 6.05. The first-order chi connectivity index (χ1) is 14.6. The quantitative estimate of drug-likeness (QED) is 0.274. The zero-order valence-electron chi connectivity index (χ0n) is 15.9. The van der Waals surface area contributed by atoms with Crippen LogP contribution in [-0.2, 0) is 9.59 Å². The molecule has 6 nitrogen and oxygen atoms in total. The predicted octanol–water partition coefficient (Wildman–Crippen LogP) is 3.47. The van der Waals surface area contributed by atoms with Crippen LogP contribution in [0.1, 0.15) is 12.0 Å².